The van der Waals surface area contributed by atoms with E-state index in [1.807, 2.05) is 0 Å². The van der Waals surface area contributed by atoms with Gasteiger partial charge >= 0.3 is 5.97 Å². The molecule has 0 heterocycles. The molecule has 19 heavy (non-hydrogen) atoms. The predicted octanol–water partition coefficient (Wildman–Crippen LogP) is 1.48. The van der Waals surface area contributed by atoms with E-state index in [9.17, 15) is 9.59 Å². The summed E-state index contributed by atoms with van der Waals surface area (Å²) in [5.41, 5.74) is 6.66. The molecule has 0 fully saturated rings. The molecule has 0 spiro atoms. The molecular weight excluding hydrogens is 266 g/mol. The Hall–Kier alpha value is -2.15. The third-order valence-electron chi connectivity index (χ3n) is 2.10. The second-order valence-corrected chi connectivity index (χ2v) is 4.09. The normalized spacial score (nSPS) is 9.58. The summed E-state index contributed by atoms with van der Waals surface area (Å²) in [6, 6.07) is 4.64. The first-order chi connectivity index (χ1) is 8.93. The summed E-state index contributed by atoms with van der Waals surface area (Å²) in [5, 5.41) is 5.35. The molecule has 1 rings (SSSR count). The SMILES string of the molecule is CCOC(=O)c1ccc(NC(C)=O)c(NC(N)=S)c1. The molecule has 4 N–H and O–H groups in total. The molecule has 102 valence electrons. The van der Waals surface area contributed by atoms with Crippen molar-refractivity contribution >= 4 is 40.6 Å². The van der Waals surface area contributed by atoms with Crippen molar-refractivity contribution in [3.63, 3.8) is 0 Å². The van der Waals surface area contributed by atoms with Crippen molar-refractivity contribution < 1.29 is 14.3 Å². The maximum absolute atomic E-state index is 11.6. The quantitative estimate of drug-likeness (QED) is 0.571. The van der Waals surface area contributed by atoms with Crippen LogP contribution in [0.4, 0.5) is 11.4 Å². The lowest BCUT2D eigenvalue weighted by Crippen LogP contribution is -2.21. The van der Waals surface area contributed by atoms with E-state index < -0.39 is 5.97 Å². The fourth-order valence-electron chi connectivity index (χ4n) is 1.42. The molecule has 0 atom stereocenters. The largest absolute Gasteiger partial charge is 0.462 e. The number of benzene rings is 1. The average molecular weight is 281 g/mol. The first kappa shape index (κ1) is 14.9. The van der Waals surface area contributed by atoms with E-state index in [2.05, 4.69) is 10.6 Å². The van der Waals surface area contributed by atoms with Crippen molar-refractivity contribution in [2.24, 2.45) is 5.73 Å². The Morgan fingerprint density at radius 1 is 1.32 bits per heavy atom. The highest BCUT2D eigenvalue weighted by Gasteiger charge is 2.11. The van der Waals surface area contributed by atoms with Gasteiger partial charge in [0, 0.05) is 6.92 Å². The zero-order valence-electron chi connectivity index (χ0n) is 10.6. The molecule has 0 radical (unpaired) electrons. The molecule has 0 aromatic heterocycles. The Morgan fingerprint density at radius 2 is 2.00 bits per heavy atom. The molecular formula is C12H15N3O3S. The zero-order chi connectivity index (χ0) is 14.4. The zero-order valence-corrected chi connectivity index (χ0v) is 11.5. The number of esters is 1. The molecule has 0 bridgehead atoms. The highest BCUT2D eigenvalue weighted by molar-refractivity contribution is 7.80. The van der Waals surface area contributed by atoms with Gasteiger partial charge in [-0.25, -0.2) is 4.79 Å². The fourth-order valence-corrected chi connectivity index (χ4v) is 1.53. The summed E-state index contributed by atoms with van der Waals surface area (Å²) in [4.78, 5) is 22.7. The third-order valence-corrected chi connectivity index (χ3v) is 2.20. The molecule has 0 aliphatic carbocycles. The molecule has 7 heteroatoms. The molecule has 6 nitrogen and oxygen atoms in total. The van der Waals surface area contributed by atoms with Crippen LogP contribution in [-0.2, 0) is 9.53 Å². The van der Waals surface area contributed by atoms with Crippen LogP contribution in [0.5, 0.6) is 0 Å². The first-order valence-electron chi connectivity index (χ1n) is 5.59. The van der Waals surface area contributed by atoms with Crippen molar-refractivity contribution in [3.05, 3.63) is 23.8 Å². The maximum Gasteiger partial charge on any atom is 0.338 e. The number of hydrogen-bond donors (Lipinski definition) is 3. The number of amides is 1. The first-order valence-corrected chi connectivity index (χ1v) is 6.00. The molecule has 1 aromatic carbocycles. The standard InChI is InChI=1S/C12H15N3O3S/c1-3-18-11(17)8-4-5-9(14-7(2)16)10(6-8)15-12(13)19/h4-6H,3H2,1-2H3,(H,14,16)(H3,13,15,19). The Labute approximate surface area is 116 Å². The van der Waals surface area contributed by atoms with E-state index in [1.54, 1.807) is 19.1 Å². The molecule has 0 aliphatic heterocycles. The lowest BCUT2D eigenvalue weighted by atomic mass is 10.1. The molecule has 1 amide bonds. The van der Waals surface area contributed by atoms with Gasteiger partial charge in [-0.05, 0) is 37.3 Å². The van der Waals surface area contributed by atoms with Crippen LogP contribution < -0.4 is 16.4 Å². The topological polar surface area (TPSA) is 93.4 Å². The molecule has 0 unspecified atom stereocenters. The van der Waals surface area contributed by atoms with Crippen LogP contribution in [0.3, 0.4) is 0 Å². The number of hydrogen-bond acceptors (Lipinski definition) is 4. The highest BCUT2D eigenvalue weighted by atomic mass is 32.1. The van der Waals surface area contributed by atoms with Gasteiger partial charge in [-0.1, -0.05) is 0 Å². The minimum absolute atomic E-state index is 0.0348. The van der Waals surface area contributed by atoms with E-state index in [4.69, 9.17) is 22.7 Å². The predicted molar refractivity (Wildman–Crippen MR) is 77.1 cm³/mol. The van der Waals surface area contributed by atoms with Gasteiger partial charge < -0.3 is 21.1 Å². The molecule has 0 aliphatic rings. The average Bonchev–Trinajstić information content (AvgIpc) is 2.30. The smallest absolute Gasteiger partial charge is 0.338 e. The minimum Gasteiger partial charge on any atom is -0.462 e. The number of anilines is 2. The summed E-state index contributed by atoms with van der Waals surface area (Å²) in [6.07, 6.45) is 0. The summed E-state index contributed by atoms with van der Waals surface area (Å²) in [7, 11) is 0. The lowest BCUT2D eigenvalue weighted by molar-refractivity contribution is -0.114. The monoisotopic (exact) mass is 281 g/mol. The van der Waals surface area contributed by atoms with Gasteiger partial charge in [0.15, 0.2) is 5.11 Å². The summed E-state index contributed by atoms with van der Waals surface area (Å²) >= 11 is 4.75. The van der Waals surface area contributed by atoms with Crippen molar-refractivity contribution in [3.8, 4) is 0 Å². The van der Waals surface area contributed by atoms with Gasteiger partial charge in [-0.15, -0.1) is 0 Å². The number of thiocarbonyl (C=S) groups is 1. The Morgan fingerprint density at radius 3 is 2.53 bits per heavy atom. The number of nitrogens with one attached hydrogen (secondary N) is 2. The number of carbonyl (C=O) groups is 2. The van der Waals surface area contributed by atoms with E-state index >= 15 is 0 Å². The van der Waals surface area contributed by atoms with Crippen LogP contribution in [0, 0.1) is 0 Å². The van der Waals surface area contributed by atoms with Gasteiger partial charge in [0.05, 0.1) is 23.5 Å². The van der Waals surface area contributed by atoms with Gasteiger partial charge in [-0.3, -0.25) is 4.79 Å². The lowest BCUT2D eigenvalue weighted by Gasteiger charge is -2.12. The van der Waals surface area contributed by atoms with Gasteiger partial charge in [0.2, 0.25) is 5.91 Å². The number of rotatable bonds is 4. The van der Waals surface area contributed by atoms with Crippen LogP contribution in [0.2, 0.25) is 0 Å². The van der Waals surface area contributed by atoms with E-state index in [-0.39, 0.29) is 17.6 Å². The summed E-state index contributed by atoms with van der Waals surface area (Å²) < 4.78 is 4.89. The second-order valence-electron chi connectivity index (χ2n) is 3.65. The Kier molecular flexibility index (Phi) is 5.25. The summed E-state index contributed by atoms with van der Waals surface area (Å²) in [6.45, 7) is 3.38. The Bertz CT molecular complexity index is 517. The van der Waals surface area contributed by atoms with Crippen LogP contribution >= 0.6 is 12.2 Å². The van der Waals surface area contributed by atoms with Crippen molar-refractivity contribution in [1.29, 1.82) is 0 Å². The van der Waals surface area contributed by atoms with Gasteiger partial charge in [-0.2, -0.15) is 0 Å². The fraction of sp³-hybridized carbons (Fsp3) is 0.250. The third kappa shape index (κ3) is 4.55. The van der Waals surface area contributed by atoms with Crippen LogP contribution in [0.25, 0.3) is 0 Å². The second kappa shape index (κ2) is 6.69. The Balaban J connectivity index is 3.10. The van der Waals surface area contributed by atoms with Crippen LogP contribution in [0.15, 0.2) is 18.2 Å². The van der Waals surface area contributed by atoms with Crippen molar-refractivity contribution in [2.75, 3.05) is 17.2 Å². The van der Waals surface area contributed by atoms with Gasteiger partial charge in [0.25, 0.3) is 0 Å². The molecule has 1 aromatic rings. The number of ether oxygens (including phenoxy) is 1. The summed E-state index contributed by atoms with van der Waals surface area (Å²) in [5.74, 6) is -0.697. The minimum atomic E-state index is -0.456. The van der Waals surface area contributed by atoms with Gasteiger partial charge in [0.1, 0.15) is 0 Å². The van der Waals surface area contributed by atoms with Crippen molar-refractivity contribution in [2.45, 2.75) is 13.8 Å². The van der Waals surface area contributed by atoms with E-state index in [1.165, 1.54) is 13.0 Å². The van der Waals surface area contributed by atoms with E-state index in [0.717, 1.165) is 0 Å². The molecule has 0 saturated heterocycles. The van der Waals surface area contributed by atoms with Crippen LogP contribution in [0.1, 0.15) is 24.2 Å². The highest BCUT2D eigenvalue weighted by Crippen LogP contribution is 2.23. The van der Waals surface area contributed by atoms with Crippen molar-refractivity contribution in [1.82, 2.24) is 0 Å². The van der Waals surface area contributed by atoms with Crippen LogP contribution in [-0.4, -0.2) is 23.6 Å². The number of nitrogens with two attached hydrogens (primary N) is 1. The number of carbonyl (C=O) groups excluding carboxylic acids is 2. The van der Waals surface area contributed by atoms with E-state index in [0.29, 0.717) is 16.9 Å². The maximum atomic E-state index is 11.6. The molecule has 0 saturated carbocycles.